The average Bonchev–Trinajstić information content (AvgIpc) is 2.29. The number of nitro groups is 1. The number of nitro benzene ring substituents is 1. The highest BCUT2D eigenvalue weighted by atomic mass is 35.5. The van der Waals surface area contributed by atoms with Gasteiger partial charge in [-0.2, -0.15) is 4.39 Å². The lowest BCUT2D eigenvalue weighted by molar-refractivity contribution is -0.387. The van der Waals surface area contributed by atoms with Crippen LogP contribution < -0.4 is 5.73 Å². The van der Waals surface area contributed by atoms with E-state index in [0.717, 1.165) is 0 Å². The Morgan fingerprint density at radius 3 is 2.58 bits per heavy atom. The van der Waals surface area contributed by atoms with E-state index >= 15 is 0 Å². The number of aliphatic hydroxyl groups excluding tert-OH is 2. The van der Waals surface area contributed by atoms with Gasteiger partial charge in [0.2, 0.25) is 11.7 Å². The molecule has 0 fully saturated rings. The second-order valence-corrected chi connectivity index (χ2v) is 4.17. The predicted molar refractivity (Wildman–Crippen MR) is 62.8 cm³/mol. The summed E-state index contributed by atoms with van der Waals surface area (Å²) in [6, 6.07) is 1.35. The molecule has 0 aliphatic heterocycles. The van der Waals surface area contributed by atoms with E-state index in [4.69, 9.17) is 17.3 Å². The van der Waals surface area contributed by atoms with Gasteiger partial charge in [0.05, 0.1) is 22.5 Å². The van der Waals surface area contributed by atoms with E-state index in [1.165, 1.54) is 0 Å². The minimum Gasteiger partial charge on any atom is -0.390 e. The molecule has 1 aromatic carbocycles. The maximum absolute atomic E-state index is 13.4. The monoisotopic (exact) mass is 292 g/mol. The molecule has 0 radical (unpaired) electrons. The second kappa shape index (κ2) is 5.91. The van der Waals surface area contributed by atoms with Crippen molar-refractivity contribution in [2.24, 2.45) is 5.73 Å². The first-order valence-corrected chi connectivity index (χ1v) is 5.39. The highest BCUT2D eigenvalue weighted by Gasteiger charge is 2.26. The molecule has 0 saturated carbocycles. The minimum absolute atomic E-state index is 0.265. The van der Waals surface area contributed by atoms with Crippen LogP contribution in [-0.4, -0.2) is 27.1 Å². The SMILES string of the molecule is NC(=O)CC(O)C(O)c1cc(F)c([N+](=O)[O-])cc1Cl. The molecule has 1 rings (SSSR count). The number of rotatable bonds is 5. The first kappa shape index (κ1) is 15.3. The van der Waals surface area contributed by atoms with Crippen LogP contribution in [0.25, 0.3) is 0 Å². The Bertz CT molecular complexity index is 525. The molecule has 104 valence electrons. The zero-order valence-corrected chi connectivity index (χ0v) is 10.2. The van der Waals surface area contributed by atoms with Crippen LogP contribution in [0.4, 0.5) is 10.1 Å². The molecule has 2 atom stereocenters. The summed E-state index contributed by atoms with van der Waals surface area (Å²) in [6.07, 6.45) is -3.83. The molecule has 1 amide bonds. The average molecular weight is 293 g/mol. The van der Waals surface area contributed by atoms with Crippen molar-refractivity contribution in [3.05, 3.63) is 38.7 Å². The van der Waals surface area contributed by atoms with Crippen LogP contribution in [0.5, 0.6) is 0 Å². The zero-order valence-electron chi connectivity index (χ0n) is 9.42. The van der Waals surface area contributed by atoms with Gasteiger partial charge in [-0.05, 0) is 6.07 Å². The fourth-order valence-electron chi connectivity index (χ4n) is 1.44. The first-order valence-electron chi connectivity index (χ1n) is 5.01. The van der Waals surface area contributed by atoms with Crippen molar-refractivity contribution in [1.29, 1.82) is 0 Å². The van der Waals surface area contributed by atoms with Crippen LogP contribution in [0.3, 0.4) is 0 Å². The second-order valence-electron chi connectivity index (χ2n) is 3.76. The summed E-state index contributed by atoms with van der Waals surface area (Å²) in [5.74, 6) is -2.08. The Hall–Kier alpha value is -1.77. The van der Waals surface area contributed by atoms with Crippen LogP contribution in [0.15, 0.2) is 12.1 Å². The van der Waals surface area contributed by atoms with E-state index in [-0.39, 0.29) is 10.6 Å². The topological polar surface area (TPSA) is 127 Å². The van der Waals surface area contributed by atoms with Crippen LogP contribution in [0.2, 0.25) is 5.02 Å². The number of hydrogen-bond donors (Lipinski definition) is 3. The van der Waals surface area contributed by atoms with E-state index < -0.39 is 41.0 Å². The summed E-state index contributed by atoms with van der Waals surface area (Å²) in [5.41, 5.74) is 3.71. The van der Waals surface area contributed by atoms with Crippen LogP contribution in [-0.2, 0) is 4.79 Å². The highest BCUT2D eigenvalue weighted by molar-refractivity contribution is 6.31. The Morgan fingerprint density at radius 1 is 1.53 bits per heavy atom. The molecule has 9 heteroatoms. The molecule has 1 aromatic rings. The quantitative estimate of drug-likeness (QED) is 0.542. The molecule has 0 aliphatic carbocycles. The molecule has 0 saturated heterocycles. The largest absolute Gasteiger partial charge is 0.390 e. The van der Waals surface area contributed by atoms with E-state index in [1.54, 1.807) is 0 Å². The number of carbonyl (C=O) groups excluding carboxylic acids is 1. The van der Waals surface area contributed by atoms with Gasteiger partial charge in [0.1, 0.15) is 6.10 Å². The van der Waals surface area contributed by atoms with Crippen LogP contribution in [0.1, 0.15) is 18.1 Å². The Balaban J connectivity index is 3.11. The number of carbonyl (C=O) groups is 1. The lowest BCUT2D eigenvalue weighted by atomic mass is 10.0. The van der Waals surface area contributed by atoms with Gasteiger partial charge in [0, 0.05) is 11.6 Å². The highest BCUT2D eigenvalue weighted by Crippen LogP contribution is 2.31. The van der Waals surface area contributed by atoms with Crippen LogP contribution >= 0.6 is 11.6 Å². The standard InChI is InChI=1S/C10H10ClFN2O5/c11-5-2-7(14(18)19)6(12)1-4(5)10(17)8(15)3-9(13)16/h1-2,8,10,15,17H,3H2,(H2,13,16). The van der Waals surface area contributed by atoms with Gasteiger partial charge in [-0.1, -0.05) is 11.6 Å². The molecule has 19 heavy (non-hydrogen) atoms. The van der Waals surface area contributed by atoms with Gasteiger partial charge in [0.25, 0.3) is 0 Å². The van der Waals surface area contributed by atoms with Crippen molar-refractivity contribution in [1.82, 2.24) is 0 Å². The third kappa shape index (κ3) is 3.60. The van der Waals surface area contributed by atoms with Gasteiger partial charge in [-0.3, -0.25) is 14.9 Å². The third-order valence-electron chi connectivity index (χ3n) is 2.36. The third-order valence-corrected chi connectivity index (χ3v) is 2.68. The van der Waals surface area contributed by atoms with Crippen molar-refractivity contribution in [3.8, 4) is 0 Å². The number of primary amides is 1. The number of nitrogens with two attached hydrogens (primary N) is 1. The maximum atomic E-state index is 13.4. The van der Waals surface area contributed by atoms with Gasteiger partial charge >= 0.3 is 5.69 Å². The lowest BCUT2D eigenvalue weighted by Crippen LogP contribution is -2.26. The number of aliphatic hydroxyl groups is 2. The molecule has 0 heterocycles. The Kier molecular flexibility index (Phi) is 4.76. The molecule has 0 aliphatic rings. The Labute approximate surface area is 111 Å². The summed E-state index contributed by atoms with van der Waals surface area (Å²) in [7, 11) is 0. The summed E-state index contributed by atoms with van der Waals surface area (Å²) in [4.78, 5) is 20.1. The fraction of sp³-hybridized carbons (Fsp3) is 0.300. The van der Waals surface area contributed by atoms with E-state index in [2.05, 4.69) is 0 Å². The van der Waals surface area contributed by atoms with Gasteiger partial charge in [-0.25, -0.2) is 0 Å². The normalized spacial score (nSPS) is 13.9. The molecule has 0 bridgehead atoms. The number of hydrogen-bond acceptors (Lipinski definition) is 5. The predicted octanol–water partition coefficient (Wildman–Crippen LogP) is 0.657. The van der Waals surface area contributed by atoms with Crippen molar-refractivity contribution in [2.75, 3.05) is 0 Å². The van der Waals surface area contributed by atoms with E-state index in [1.807, 2.05) is 0 Å². The number of halogens is 2. The molecule has 4 N–H and O–H groups in total. The number of benzene rings is 1. The molecule has 0 aromatic heterocycles. The van der Waals surface area contributed by atoms with Crippen molar-refractivity contribution in [3.63, 3.8) is 0 Å². The molecular formula is C10H10ClFN2O5. The van der Waals surface area contributed by atoms with Gasteiger partial charge < -0.3 is 15.9 Å². The molecular weight excluding hydrogens is 283 g/mol. The molecule has 7 nitrogen and oxygen atoms in total. The van der Waals surface area contributed by atoms with Crippen molar-refractivity contribution < 1.29 is 24.3 Å². The number of amides is 1. The summed E-state index contributed by atoms with van der Waals surface area (Å²) < 4.78 is 13.4. The summed E-state index contributed by atoms with van der Waals surface area (Å²) >= 11 is 5.66. The van der Waals surface area contributed by atoms with Gasteiger partial charge in [-0.15, -0.1) is 0 Å². The Morgan fingerprint density at radius 2 is 2.11 bits per heavy atom. The van der Waals surface area contributed by atoms with Crippen LogP contribution in [0, 0.1) is 15.9 Å². The van der Waals surface area contributed by atoms with Crippen molar-refractivity contribution >= 4 is 23.2 Å². The minimum atomic E-state index is -1.68. The van der Waals surface area contributed by atoms with Crippen molar-refractivity contribution in [2.45, 2.75) is 18.6 Å². The smallest absolute Gasteiger partial charge is 0.306 e. The molecule has 2 unspecified atom stereocenters. The lowest BCUT2D eigenvalue weighted by Gasteiger charge is -2.18. The maximum Gasteiger partial charge on any atom is 0.306 e. The summed E-state index contributed by atoms with van der Waals surface area (Å²) in [6.45, 7) is 0. The van der Waals surface area contributed by atoms with E-state index in [0.29, 0.717) is 12.1 Å². The van der Waals surface area contributed by atoms with Gasteiger partial charge in [0.15, 0.2) is 0 Å². The molecule has 0 spiro atoms. The first-order chi connectivity index (χ1) is 8.73. The summed E-state index contributed by atoms with van der Waals surface area (Å²) in [5, 5.41) is 29.3. The van der Waals surface area contributed by atoms with E-state index in [9.17, 15) is 29.5 Å². The fourth-order valence-corrected chi connectivity index (χ4v) is 1.71. The number of nitrogens with zero attached hydrogens (tertiary/aromatic N) is 1. The zero-order chi connectivity index (χ0) is 14.7.